The Bertz CT molecular complexity index is 895. The fourth-order valence-electron chi connectivity index (χ4n) is 3.68. The molecule has 0 aliphatic carbocycles. The summed E-state index contributed by atoms with van der Waals surface area (Å²) in [5, 5.41) is 7.34. The molecule has 0 radical (unpaired) electrons. The molecule has 1 aliphatic heterocycles. The van der Waals surface area contributed by atoms with Gasteiger partial charge < -0.3 is 10.2 Å². The van der Waals surface area contributed by atoms with Crippen molar-refractivity contribution in [2.45, 2.75) is 46.1 Å². The van der Waals surface area contributed by atoms with Crippen LogP contribution in [0.15, 0.2) is 30.3 Å². The fourth-order valence-corrected chi connectivity index (χ4v) is 3.68. The molecule has 1 aliphatic rings. The van der Waals surface area contributed by atoms with Crippen molar-refractivity contribution >= 4 is 17.5 Å². The summed E-state index contributed by atoms with van der Waals surface area (Å²) in [4.78, 5) is 28.6. The highest BCUT2D eigenvalue weighted by atomic mass is 16.2. The molecule has 1 aromatic heterocycles. The lowest BCUT2D eigenvalue weighted by atomic mass is 9.92. The predicted octanol–water partition coefficient (Wildman–Crippen LogP) is 3.02. The average Bonchev–Trinajstić information content (AvgIpc) is 2.91. The van der Waals surface area contributed by atoms with Crippen LogP contribution in [0.5, 0.6) is 0 Å². The van der Waals surface area contributed by atoms with Crippen molar-refractivity contribution in [3.8, 4) is 0 Å². The van der Waals surface area contributed by atoms with Crippen molar-refractivity contribution < 1.29 is 9.59 Å². The SMILES string of the molecule is CC(=O)Nc1ccc(CN2CCCN(C(=O)c3cc(C(C)(C)C)nn3C)CC2)cc1. The number of nitrogens with zero attached hydrogens (tertiary/aromatic N) is 4. The lowest BCUT2D eigenvalue weighted by Crippen LogP contribution is -2.36. The minimum atomic E-state index is -0.0820. The van der Waals surface area contributed by atoms with E-state index in [1.165, 1.54) is 12.5 Å². The number of hydrogen-bond acceptors (Lipinski definition) is 4. The Labute approximate surface area is 179 Å². The van der Waals surface area contributed by atoms with E-state index in [9.17, 15) is 9.59 Å². The number of aromatic nitrogens is 2. The fraction of sp³-hybridized carbons (Fsp3) is 0.522. The second-order valence-electron chi connectivity index (χ2n) is 9.09. The van der Waals surface area contributed by atoms with Gasteiger partial charge in [-0.2, -0.15) is 5.10 Å². The van der Waals surface area contributed by atoms with Crippen LogP contribution in [0.2, 0.25) is 0 Å². The van der Waals surface area contributed by atoms with E-state index < -0.39 is 0 Å². The van der Waals surface area contributed by atoms with Gasteiger partial charge in [-0.25, -0.2) is 0 Å². The van der Waals surface area contributed by atoms with Crippen LogP contribution in [0.4, 0.5) is 5.69 Å². The Kier molecular flexibility index (Phi) is 6.61. The van der Waals surface area contributed by atoms with Crippen LogP contribution in [0, 0.1) is 0 Å². The van der Waals surface area contributed by atoms with Crippen molar-refractivity contribution in [1.82, 2.24) is 19.6 Å². The van der Waals surface area contributed by atoms with Crippen LogP contribution in [0.25, 0.3) is 0 Å². The van der Waals surface area contributed by atoms with E-state index in [1.54, 1.807) is 4.68 Å². The summed E-state index contributed by atoms with van der Waals surface area (Å²) in [6.45, 7) is 11.9. The second-order valence-corrected chi connectivity index (χ2v) is 9.09. The van der Waals surface area contributed by atoms with Crippen molar-refractivity contribution in [1.29, 1.82) is 0 Å². The minimum absolute atomic E-state index is 0.0574. The smallest absolute Gasteiger partial charge is 0.272 e. The lowest BCUT2D eigenvalue weighted by molar-refractivity contribution is -0.114. The highest BCUT2D eigenvalue weighted by Crippen LogP contribution is 2.22. The quantitative estimate of drug-likeness (QED) is 0.840. The summed E-state index contributed by atoms with van der Waals surface area (Å²) < 4.78 is 1.71. The molecule has 7 nitrogen and oxygen atoms in total. The maximum absolute atomic E-state index is 13.1. The first-order valence-corrected chi connectivity index (χ1v) is 10.6. The van der Waals surface area contributed by atoms with Gasteiger partial charge in [0, 0.05) is 57.8 Å². The molecule has 2 amide bonds. The highest BCUT2D eigenvalue weighted by molar-refractivity contribution is 5.92. The Hall–Kier alpha value is -2.67. The molecule has 0 unspecified atom stereocenters. The summed E-state index contributed by atoms with van der Waals surface area (Å²) in [5.41, 5.74) is 3.52. The summed E-state index contributed by atoms with van der Waals surface area (Å²) in [6.07, 6.45) is 0.944. The van der Waals surface area contributed by atoms with Gasteiger partial charge in [0.05, 0.1) is 5.69 Å². The molecule has 3 rings (SSSR count). The van der Waals surface area contributed by atoms with Crippen molar-refractivity contribution in [2.75, 3.05) is 31.5 Å². The number of aryl methyl sites for hydroxylation is 1. The number of hydrogen-bond donors (Lipinski definition) is 1. The number of amides is 2. The zero-order valence-electron chi connectivity index (χ0n) is 18.7. The van der Waals surface area contributed by atoms with Gasteiger partial charge in [0.2, 0.25) is 5.91 Å². The lowest BCUT2D eigenvalue weighted by Gasteiger charge is -2.22. The zero-order valence-corrected chi connectivity index (χ0v) is 18.7. The molecule has 1 aromatic carbocycles. The summed E-state index contributed by atoms with van der Waals surface area (Å²) in [6, 6.07) is 9.88. The largest absolute Gasteiger partial charge is 0.336 e. The van der Waals surface area contributed by atoms with Crippen LogP contribution in [0.1, 0.15) is 55.9 Å². The van der Waals surface area contributed by atoms with Crippen molar-refractivity contribution in [3.05, 3.63) is 47.3 Å². The van der Waals surface area contributed by atoms with E-state index in [4.69, 9.17) is 0 Å². The number of carbonyl (C=O) groups excluding carboxylic acids is 2. The average molecular weight is 412 g/mol. The Morgan fingerprint density at radius 3 is 2.37 bits per heavy atom. The predicted molar refractivity (Wildman–Crippen MR) is 118 cm³/mol. The Morgan fingerprint density at radius 2 is 1.77 bits per heavy atom. The number of nitrogens with one attached hydrogen (secondary N) is 1. The maximum Gasteiger partial charge on any atom is 0.272 e. The third kappa shape index (κ3) is 5.48. The van der Waals surface area contributed by atoms with Crippen LogP contribution in [-0.2, 0) is 23.8 Å². The van der Waals surface area contributed by atoms with Crippen molar-refractivity contribution in [2.24, 2.45) is 7.05 Å². The molecule has 1 fully saturated rings. The zero-order chi connectivity index (χ0) is 21.9. The van der Waals surface area contributed by atoms with E-state index in [1.807, 2.05) is 42.3 Å². The number of anilines is 1. The topological polar surface area (TPSA) is 70.5 Å². The molecule has 162 valence electrons. The standard InChI is InChI=1S/C23H33N5O2/c1-17(29)24-19-9-7-18(8-10-19)16-27-11-6-12-28(14-13-27)22(30)20-15-21(23(2,3)4)25-26(20)5/h7-10,15H,6,11-14,16H2,1-5H3,(H,24,29). The molecule has 30 heavy (non-hydrogen) atoms. The van der Waals surface area contributed by atoms with Gasteiger partial charge in [0.1, 0.15) is 5.69 Å². The number of rotatable bonds is 4. The number of carbonyl (C=O) groups is 2. The van der Waals surface area contributed by atoms with Gasteiger partial charge in [-0.05, 0) is 30.2 Å². The van der Waals surface area contributed by atoms with Gasteiger partial charge in [0.25, 0.3) is 5.91 Å². The molecular weight excluding hydrogens is 378 g/mol. The minimum Gasteiger partial charge on any atom is -0.336 e. The molecule has 0 atom stereocenters. The van der Waals surface area contributed by atoms with Gasteiger partial charge in [-0.3, -0.25) is 19.2 Å². The third-order valence-corrected chi connectivity index (χ3v) is 5.42. The third-order valence-electron chi connectivity index (χ3n) is 5.42. The van der Waals surface area contributed by atoms with E-state index in [0.717, 1.165) is 44.0 Å². The van der Waals surface area contributed by atoms with Crippen LogP contribution < -0.4 is 5.32 Å². The molecule has 7 heteroatoms. The molecule has 2 aromatic rings. The molecule has 0 saturated carbocycles. The van der Waals surface area contributed by atoms with E-state index in [0.29, 0.717) is 12.2 Å². The molecule has 1 saturated heterocycles. The maximum atomic E-state index is 13.1. The van der Waals surface area contributed by atoms with Crippen LogP contribution in [-0.4, -0.2) is 57.6 Å². The molecule has 0 bridgehead atoms. The summed E-state index contributed by atoms with van der Waals surface area (Å²) >= 11 is 0. The van der Waals surface area contributed by atoms with Gasteiger partial charge in [-0.15, -0.1) is 0 Å². The first-order chi connectivity index (χ1) is 14.1. The molecule has 0 spiro atoms. The summed E-state index contributed by atoms with van der Waals surface area (Å²) in [5.74, 6) is -0.00919. The first kappa shape index (κ1) is 22.0. The molecule has 1 N–H and O–H groups in total. The Morgan fingerprint density at radius 1 is 1.07 bits per heavy atom. The van der Waals surface area contributed by atoms with Crippen LogP contribution >= 0.6 is 0 Å². The monoisotopic (exact) mass is 411 g/mol. The van der Waals surface area contributed by atoms with Gasteiger partial charge in [-0.1, -0.05) is 32.9 Å². The van der Waals surface area contributed by atoms with Crippen molar-refractivity contribution in [3.63, 3.8) is 0 Å². The second kappa shape index (κ2) is 9.00. The highest BCUT2D eigenvalue weighted by Gasteiger charge is 2.26. The van der Waals surface area contributed by atoms with Crippen LogP contribution in [0.3, 0.4) is 0 Å². The normalized spacial score (nSPS) is 15.7. The number of benzene rings is 1. The van der Waals surface area contributed by atoms with Gasteiger partial charge >= 0.3 is 0 Å². The van der Waals surface area contributed by atoms with E-state index >= 15 is 0 Å². The van der Waals surface area contributed by atoms with Gasteiger partial charge in [0.15, 0.2) is 0 Å². The molecule has 2 heterocycles. The molecular formula is C23H33N5O2. The first-order valence-electron chi connectivity index (χ1n) is 10.6. The van der Waals surface area contributed by atoms with E-state index in [2.05, 4.69) is 36.1 Å². The van der Waals surface area contributed by atoms with E-state index in [-0.39, 0.29) is 17.2 Å². The summed E-state index contributed by atoms with van der Waals surface area (Å²) in [7, 11) is 1.84. The Balaban J connectivity index is 1.60.